The van der Waals surface area contributed by atoms with E-state index < -0.39 is 0 Å². The van der Waals surface area contributed by atoms with Gasteiger partial charge >= 0.3 is 0 Å². The van der Waals surface area contributed by atoms with E-state index in [0.29, 0.717) is 0 Å². The van der Waals surface area contributed by atoms with Crippen molar-refractivity contribution in [2.45, 2.75) is 43.7 Å². The zero-order valence-electron chi connectivity index (χ0n) is 8.42. The fraction of sp³-hybridized carbons (Fsp3) is 0.727. The molecule has 78 valence electrons. The Hall–Kier alpha value is -0.830. The van der Waals surface area contributed by atoms with Crippen LogP contribution >= 0.6 is 0 Å². The van der Waals surface area contributed by atoms with Crippen LogP contribution in [-0.2, 0) is 9.53 Å². The Morgan fingerprint density at radius 1 is 1.57 bits per heavy atom. The van der Waals surface area contributed by atoms with E-state index in [-0.39, 0.29) is 17.6 Å². The third-order valence-electron chi connectivity index (χ3n) is 3.29. The van der Waals surface area contributed by atoms with Gasteiger partial charge < -0.3 is 10.1 Å². The molecule has 0 aromatic rings. The molecule has 1 aliphatic carbocycles. The summed E-state index contributed by atoms with van der Waals surface area (Å²) in [6, 6.07) is 0.287. The summed E-state index contributed by atoms with van der Waals surface area (Å²) in [5.74, 6) is -0.0635. The van der Waals surface area contributed by atoms with Crippen LogP contribution in [0.1, 0.15) is 32.1 Å². The number of nitrogens with one attached hydrogen (secondary N) is 1. The molecule has 1 atom stereocenters. The minimum Gasteiger partial charge on any atom is -0.375 e. The summed E-state index contributed by atoms with van der Waals surface area (Å²) in [6.45, 7) is 4.23. The largest absolute Gasteiger partial charge is 0.375 e. The molecule has 0 aromatic carbocycles. The first kappa shape index (κ1) is 9.71. The van der Waals surface area contributed by atoms with Gasteiger partial charge in [0.25, 0.3) is 0 Å². The summed E-state index contributed by atoms with van der Waals surface area (Å²) in [5, 5.41) is 2.95. The van der Waals surface area contributed by atoms with Crippen LogP contribution in [0.4, 0.5) is 0 Å². The highest BCUT2D eigenvalue weighted by Crippen LogP contribution is 2.42. The molecule has 14 heavy (non-hydrogen) atoms. The molecule has 1 spiro atoms. The molecular weight excluding hydrogens is 178 g/mol. The molecule has 1 aliphatic heterocycles. The standard InChI is InChI=1S/C11H17NO2/c1-2-10(13)12-9-4-7-14-11(8-9)5-3-6-11/h2,9H,1,3-8H2,(H,12,13). The second kappa shape index (κ2) is 3.73. The Morgan fingerprint density at radius 2 is 2.36 bits per heavy atom. The van der Waals surface area contributed by atoms with Gasteiger partial charge in [-0.25, -0.2) is 0 Å². The number of ether oxygens (including phenoxy) is 1. The molecule has 2 rings (SSSR count). The summed E-state index contributed by atoms with van der Waals surface area (Å²) >= 11 is 0. The topological polar surface area (TPSA) is 38.3 Å². The lowest BCUT2D eigenvalue weighted by Gasteiger charge is -2.47. The molecule has 1 heterocycles. The Bertz CT molecular complexity index is 246. The van der Waals surface area contributed by atoms with Crippen LogP contribution in [0.3, 0.4) is 0 Å². The van der Waals surface area contributed by atoms with Gasteiger partial charge in [-0.05, 0) is 38.2 Å². The molecular formula is C11H17NO2. The fourth-order valence-electron chi connectivity index (χ4n) is 2.33. The molecule has 1 unspecified atom stereocenters. The second-order valence-corrected chi connectivity index (χ2v) is 4.29. The molecule has 2 aliphatic rings. The van der Waals surface area contributed by atoms with Gasteiger partial charge in [0, 0.05) is 12.6 Å². The molecule has 2 fully saturated rings. The molecule has 1 N–H and O–H groups in total. The van der Waals surface area contributed by atoms with E-state index >= 15 is 0 Å². The number of hydrogen-bond donors (Lipinski definition) is 1. The van der Waals surface area contributed by atoms with Crippen molar-refractivity contribution >= 4 is 5.91 Å². The summed E-state index contributed by atoms with van der Waals surface area (Å²) in [4.78, 5) is 11.1. The second-order valence-electron chi connectivity index (χ2n) is 4.29. The average molecular weight is 195 g/mol. The van der Waals surface area contributed by atoms with Crippen LogP contribution in [0.5, 0.6) is 0 Å². The van der Waals surface area contributed by atoms with Gasteiger partial charge in [0.1, 0.15) is 0 Å². The monoisotopic (exact) mass is 195 g/mol. The number of rotatable bonds is 2. The minimum absolute atomic E-state index is 0.0635. The van der Waals surface area contributed by atoms with Crippen molar-refractivity contribution in [1.82, 2.24) is 5.32 Å². The Labute approximate surface area is 84.5 Å². The number of carbonyl (C=O) groups is 1. The van der Waals surface area contributed by atoms with Crippen LogP contribution in [0.25, 0.3) is 0 Å². The van der Waals surface area contributed by atoms with Crippen LogP contribution in [0.2, 0.25) is 0 Å². The van der Waals surface area contributed by atoms with E-state index in [9.17, 15) is 4.79 Å². The van der Waals surface area contributed by atoms with Crippen LogP contribution < -0.4 is 5.32 Å². The van der Waals surface area contributed by atoms with Crippen molar-refractivity contribution in [3.8, 4) is 0 Å². The lowest BCUT2D eigenvalue weighted by Crippen LogP contribution is -2.51. The first-order chi connectivity index (χ1) is 6.74. The van der Waals surface area contributed by atoms with Crippen molar-refractivity contribution in [1.29, 1.82) is 0 Å². The van der Waals surface area contributed by atoms with E-state index in [2.05, 4.69) is 11.9 Å². The Morgan fingerprint density at radius 3 is 2.93 bits per heavy atom. The van der Waals surface area contributed by atoms with Gasteiger partial charge in [0.05, 0.1) is 5.60 Å². The molecule has 1 amide bonds. The van der Waals surface area contributed by atoms with Gasteiger partial charge in [-0.3, -0.25) is 4.79 Å². The third-order valence-corrected chi connectivity index (χ3v) is 3.29. The highest BCUT2D eigenvalue weighted by molar-refractivity contribution is 5.87. The maximum Gasteiger partial charge on any atom is 0.243 e. The first-order valence-corrected chi connectivity index (χ1v) is 5.31. The molecule has 3 heteroatoms. The summed E-state index contributed by atoms with van der Waals surface area (Å²) < 4.78 is 5.77. The number of amides is 1. The van der Waals surface area contributed by atoms with Crippen molar-refractivity contribution < 1.29 is 9.53 Å². The molecule has 0 bridgehead atoms. The highest BCUT2D eigenvalue weighted by atomic mass is 16.5. The predicted molar refractivity (Wildman–Crippen MR) is 53.9 cm³/mol. The Kier molecular flexibility index (Phi) is 2.59. The van der Waals surface area contributed by atoms with Crippen molar-refractivity contribution in [2.75, 3.05) is 6.61 Å². The van der Waals surface area contributed by atoms with Crippen LogP contribution in [-0.4, -0.2) is 24.2 Å². The van der Waals surface area contributed by atoms with Crippen LogP contribution in [0.15, 0.2) is 12.7 Å². The van der Waals surface area contributed by atoms with Gasteiger partial charge in [-0.15, -0.1) is 0 Å². The quantitative estimate of drug-likeness (QED) is 0.676. The predicted octanol–water partition coefficient (Wildman–Crippen LogP) is 1.39. The third kappa shape index (κ3) is 1.82. The van der Waals surface area contributed by atoms with Crippen LogP contribution in [0, 0.1) is 0 Å². The molecule has 1 saturated carbocycles. The first-order valence-electron chi connectivity index (χ1n) is 5.31. The summed E-state index contributed by atoms with van der Waals surface area (Å²) in [7, 11) is 0. The maximum absolute atomic E-state index is 11.1. The van der Waals surface area contributed by atoms with Gasteiger partial charge in [-0.1, -0.05) is 6.58 Å². The zero-order valence-corrected chi connectivity index (χ0v) is 8.42. The molecule has 1 saturated heterocycles. The lowest BCUT2D eigenvalue weighted by atomic mass is 9.74. The SMILES string of the molecule is C=CC(=O)NC1CCOC2(CCC2)C1. The summed E-state index contributed by atoms with van der Waals surface area (Å²) in [6.07, 6.45) is 6.83. The van der Waals surface area contributed by atoms with Crippen molar-refractivity contribution in [3.63, 3.8) is 0 Å². The van der Waals surface area contributed by atoms with E-state index in [4.69, 9.17) is 4.74 Å². The van der Waals surface area contributed by atoms with E-state index in [1.807, 2.05) is 0 Å². The number of hydrogen-bond acceptors (Lipinski definition) is 2. The highest BCUT2D eigenvalue weighted by Gasteiger charge is 2.42. The molecule has 0 radical (unpaired) electrons. The average Bonchev–Trinajstić information content (AvgIpc) is 2.16. The maximum atomic E-state index is 11.1. The molecule has 3 nitrogen and oxygen atoms in total. The molecule has 0 aromatic heterocycles. The van der Waals surface area contributed by atoms with Gasteiger partial charge in [0.15, 0.2) is 0 Å². The van der Waals surface area contributed by atoms with E-state index in [0.717, 1.165) is 32.3 Å². The van der Waals surface area contributed by atoms with Crippen molar-refractivity contribution in [2.24, 2.45) is 0 Å². The normalized spacial score (nSPS) is 29.3. The smallest absolute Gasteiger partial charge is 0.243 e. The van der Waals surface area contributed by atoms with E-state index in [1.165, 1.54) is 12.5 Å². The lowest BCUT2D eigenvalue weighted by molar-refractivity contribution is -0.139. The minimum atomic E-state index is -0.0635. The fourth-order valence-corrected chi connectivity index (χ4v) is 2.33. The van der Waals surface area contributed by atoms with Gasteiger partial charge in [-0.2, -0.15) is 0 Å². The zero-order chi connectivity index (χ0) is 10.0. The summed E-state index contributed by atoms with van der Waals surface area (Å²) in [5.41, 5.74) is 0.108. The Balaban J connectivity index is 1.87. The number of carbonyl (C=O) groups excluding carboxylic acids is 1. The van der Waals surface area contributed by atoms with E-state index in [1.54, 1.807) is 0 Å². The van der Waals surface area contributed by atoms with Gasteiger partial charge in [0.2, 0.25) is 5.91 Å². The van der Waals surface area contributed by atoms with Crippen molar-refractivity contribution in [3.05, 3.63) is 12.7 Å².